The van der Waals surface area contributed by atoms with Crippen LogP contribution in [0, 0.1) is 4.77 Å². The van der Waals surface area contributed by atoms with Crippen molar-refractivity contribution in [3.05, 3.63) is 22.3 Å². The molecule has 0 saturated carbocycles. The molecule has 0 spiro atoms. The van der Waals surface area contributed by atoms with Gasteiger partial charge in [0.05, 0.1) is 4.88 Å². The Morgan fingerprint density at radius 3 is 2.72 bits per heavy atom. The van der Waals surface area contributed by atoms with Crippen LogP contribution in [-0.2, 0) is 11.3 Å². The largest absolute Gasteiger partial charge is 0.355 e. The summed E-state index contributed by atoms with van der Waals surface area (Å²) in [7, 11) is 0. The van der Waals surface area contributed by atoms with Crippen LogP contribution in [0.2, 0.25) is 0 Å². The summed E-state index contributed by atoms with van der Waals surface area (Å²) < 4.78 is 2.43. The third-order valence-corrected chi connectivity index (χ3v) is 5.26. The van der Waals surface area contributed by atoms with Crippen LogP contribution in [0.3, 0.4) is 0 Å². The van der Waals surface area contributed by atoms with Crippen LogP contribution in [0.1, 0.15) is 34.1 Å². The summed E-state index contributed by atoms with van der Waals surface area (Å²) in [6.07, 6.45) is 0.384. The number of rotatable bonds is 9. The summed E-state index contributed by atoms with van der Waals surface area (Å²) in [5, 5.41) is 12.1. The van der Waals surface area contributed by atoms with Crippen LogP contribution >= 0.6 is 23.6 Å². The Morgan fingerprint density at radius 1 is 1.40 bits per heavy atom. The van der Waals surface area contributed by atoms with Gasteiger partial charge in [-0.15, -0.1) is 11.3 Å². The van der Waals surface area contributed by atoms with Crippen molar-refractivity contribution < 1.29 is 4.79 Å². The molecule has 0 aliphatic heterocycles. The van der Waals surface area contributed by atoms with Gasteiger partial charge in [0.15, 0.2) is 10.6 Å². The highest BCUT2D eigenvalue weighted by Crippen LogP contribution is 2.22. The smallest absolute Gasteiger partial charge is 0.221 e. The van der Waals surface area contributed by atoms with Crippen molar-refractivity contribution in [3.63, 3.8) is 0 Å². The van der Waals surface area contributed by atoms with Gasteiger partial charge in [-0.05, 0) is 51.4 Å². The number of aromatic amines is 1. The highest BCUT2D eigenvalue weighted by molar-refractivity contribution is 7.71. The summed E-state index contributed by atoms with van der Waals surface area (Å²) in [5.74, 6) is 0.825. The first-order chi connectivity index (χ1) is 11.9. The summed E-state index contributed by atoms with van der Waals surface area (Å²) >= 11 is 6.89. The van der Waals surface area contributed by atoms with E-state index in [4.69, 9.17) is 12.2 Å². The van der Waals surface area contributed by atoms with Gasteiger partial charge in [0.1, 0.15) is 0 Å². The van der Waals surface area contributed by atoms with E-state index in [0.717, 1.165) is 17.2 Å². The highest BCUT2D eigenvalue weighted by atomic mass is 32.1. The quantitative estimate of drug-likeness (QED) is 0.654. The number of nitrogens with one attached hydrogen (secondary N) is 2. The maximum absolute atomic E-state index is 12.2. The minimum atomic E-state index is 0.0349. The number of nitrogens with zero attached hydrogens (tertiary/aromatic N) is 3. The van der Waals surface area contributed by atoms with Gasteiger partial charge in [-0.25, -0.2) is 0 Å². The van der Waals surface area contributed by atoms with Crippen LogP contribution in [-0.4, -0.2) is 50.7 Å². The molecule has 0 atom stereocenters. The molecule has 25 heavy (non-hydrogen) atoms. The molecule has 8 heteroatoms. The molecular formula is C17H27N5OS2. The molecule has 0 aliphatic carbocycles. The van der Waals surface area contributed by atoms with Crippen molar-refractivity contribution in [2.45, 2.75) is 52.7 Å². The number of aromatic nitrogens is 3. The van der Waals surface area contributed by atoms with Crippen molar-refractivity contribution in [3.8, 4) is 10.7 Å². The Balaban J connectivity index is 1.85. The van der Waals surface area contributed by atoms with Crippen LogP contribution in [0.4, 0.5) is 0 Å². The van der Waals surface area contributed by atoms with Gasteiger partial charge < -0.3 is 5.32 Å². The predicted octanol–water partition coefficient (Wildman–Crippen LogP) is 3.29. The molecule has 1 amide bonds. The zero-order valence-corrected chi connectivity index (χ0v) is 16.9. The summed E-state index contributed by atoms with van der Waals surface area (Å²) in [4.78, 5) is 15.6. The predicted molar refractivity (Wildman–Crippen MR) is 105 cm³/mol. The Bertz CT molecular complexity index is 710. The lowest BCUT2D eigenvalue weighted by atomic mass is 10.2. The molecule has 0 saturated heterocycles. The summed E-state index contributed by atoms with van der Waals surface area (Å²) in [5.41, 5.74) is 0. The lowest BCUT2D eigenvalue weighted by Crippen LogP contribution is -2.42. The van der Waals surface area contributed by atoms with Gasteiger partial charge in [0, 0.05) is 38.1 Å². The minimum Gasteiger partial charge on any atom is -0.355 e. The van der Waals surface area contributed by atoms with Crippen LogP contribution in [0.5, 0.6) is 0 Å². The zero-order valence-electron chi connectivity index (χ0n) is 15.3. The normalized spacial score (nSPS) is 11.6. The third-order valence-electron chi connectivity index (χ3n) is 4.08. The van der Waals surface area contributed by atoms with E-state index in [-0.39, 0.29) is 5.91 Å². The fraction of sp³-hybridized carbons (Fsp3) is 0.588. The second kappa shape index (κ2) is 9.26. The van der Waals surface area contributed by atoms with Gasteiger partial charge >= 0.3 is 0 Å². The second-order valence-corrected chi connectivity index (χ2v) is 7.84. The zero-order chi connectivity index (χ0) is 18.4. The van der Waals surface area contributed by atoms with Crippen molar-refractivity contribution >= 4 is 29.5 Å². The van der Waals surface area contributed by atoms with E-state index in [2.05, 4.69) is 48.1 Å². The van der Waals surface area contributed by atoms with Gasteiger partial charge in [-0.2, -0.15) is 5.10 Å². The molecule has 0 fully saturated rings. The van der Waals surface area contributed by atoms with E-state index in [9.17, 15) is 4.79 Å². The van der Waals surface area contributed by atoms with Gasteiger partial charge in [0.2, 0.25) is 5.91 Å². The lowest BCUT2D eigenvalue weighted by Gasteiger charge is -2.30. The topological polar surface area (TPSA) is 66.0 Å². The van der Waals surface area contributed by atoms with E-state index >= 15 is 0 Å². The monoisotopic (exact) mass is 381 g/mol. The van der Waals surface area contributed by atoms with Crippen molar-refractivity contribution in [2.75, 3.05) is 13.1 Å². The molecule has 138 valence electrons. The minimum absolute atomic E-state index is 0.0349. The number of hydrogen-bond acceptors (Lipinski definition) is 5. The van der Waals surface area contributed by atoms with E-state index < -0.39 is 0 Å². The van der Waals surface area contributed by atoms with Crippen molar-refractivity contribution in [1.29, 1.82) is 0 Å². The van der Waals surface area contributed by atoms with E-state index in [1.807, 2.05) is 22.1 Å². The number of carbonyl (C=O) groups is 1. The maximum atomic E-state index is 12.2. The summed E-state index contributed by atoms with van der Waals surface area (Å²) in [6.45, 7) is 10.7. The van der Waals surface area contributed by atoms with Crippen molar-refractivity contribution in [2.24, 2.45) is 0 Å². The molecule has 2 rings (SSSR count). The number of carbonyl (C=O) groups excluding carboxylic acids is 1. The van der Waals surface area contributed by atoms with Gasteiger partial charge in [0.25, 0.3) is 0 Å². The molecule has 2 aromatic rings. The molecule has 2 heterocycles. The molecule has 0 aliphatic rings. The Morgan fingerprint density at radius 2 is 2.12 bits per heavy atom. The number of H-pyrrole nitrogens is 1. The SMILES string of the molecule is CC(C)N(CCNC(=O)CCn1c(-c2cccs2)n[nH]c1=S)C(C)C. The molecule has 0 bridgehead atoms. The average Bonchev–Trinajstić information content (AvgIpc) is 3.18. The number of thiophene rings is 1. The van der Waals surface area contributed by atoms with E-state index in [0.29, 0.717) is 36.4 Å². The van der Waals surface area contributed by atoms with Crippen LogP contribution < -0.4 is 5.32 Å². The Labute approximate surface area is 158 Å². The molecule has 0 radical (unpaired) electrons. The van der Waals surface area contributed by atoms with Crippen molar-refractivity contribution in [1.82, 2.24) is 25.0 Å². The second-order valence-electron chi connectivity index (χ2n) is 6.51. The lowest BCUT2D eigenvalue weighted by molar-refractivity contribution is -0.121. The molecule has 0 aromatic carbocycles. The highest BCUT2D eigenvalue weighted by Gasteiger charge is 2.14. The van der Waals surface area contributed by atoms with Gasteiger partial charge in [-0.3, -0.25) is 19.4 Å². The first-order valence-electron chi connectivity index (χ1n) is 8.61. The Kier molecular flexibility index (Phi) is 7.34. The molecule has 0 unspecified atom stereocenters. The molecule has 2 aromatic heterocycles. The van der Waals surface area contributed by atoms with Crippen LogP contribution in [0.15, 0.2) is 17.5 Å². The number of amides is 1. The first-order valence-corrected chi connectivity index (χ1v) is 9.90. The van der Waals surface area contributed by atoms with E-state index in [1.165, 1.54) is 0 Å². The fourth-order valence-corrected chi connectivity index (χ4v) is 3.80. The maximum Gasteiger partial charge on any atom is 0.221 e. The number of hydrogen-bond donors (Lipinski definition) is 2. The average molecular weight is 382 g/mol. The molecule has 2 N–H and O–H groups in total. The van der Waals surface area contributed by atoms with E-state index in [1.54, 1.807) is 11.3 Å². The fourth-order valence-electron chi connectivity index (χ4n) is 2.86. The summed E-state index contributed by atoms with van der Waals surface area (Å²) in [6, 6.07) is 4.91. The van der Waals surface area contributed by atoms with Gasteiger partial charge in [-0.1, -0.05) is 6.07 Å². The molecular weight excluding hydrogens is 354 g/mol. The van der Waals surface area contributed by atoms with Crippen LogP contribution in [0.25, 0.3) is 10.7 Å². The first kappa shape index (κ1) is 19.8. The molecule has 6 nitrogen and oxygen atoms in total. The standard InChI is InChI=1S/C17H27N5OS2/c1-12(2)21(13(3)4)10-8-18-15(23)7-9-22-16(19-20-17(22)24)14-6-5-11-25-14/h5-6,11-13H,7-10H2,1-4H3,(H,18,23)(H,20,24). The Hall–Kier alpha value is -1.51. The third kappa shape index (κ3) is 5.49.